The Hall–Kier alpha value is -5.13. The molecule has 3 heterocycles. The molecule has 248 valence electrons. The molecule has 0 saturated heterocycles. The van der Waals surface area contributed by atoms with Gasteiger partial charge >= 0.3 is 21.1 Å². The number of nitrogens with zero attached hydrogens (tertiary/aromatic N) is 4. The molecule has 0 amide bonds. The fourth-order valence-corrected chi connectivity index (χ4v) is 5.29. The number of pyridine rings is 1. The van der Waals surface area contributed by atoms with E-state index in [1.54, 1.807) is 23.2 Å². The predicted octanol–water partition coefficient (Wildman–Crippen LogP) is 9.46. The molecule has 0 bridgehead atoms. The molecule has 0 atom stereocenters. The van der Waals surface area contributed by atoms with Crippen LogP contribution in [0, 0.1) is 49.5 Å². The number of anilines is 3. The summed E-state index contributed by atoms with van der Waals surface area (Å²) in [7, 11) is 2.06. The summed E-state index contributed by atoms with van der Waals surface area (Å²) < 4.78 is 7.76. The van der Waals surface area contributed by atoms with E-state index in [1.165, 1.54) is 11.1 Å². The summed E-state index contributed by atoms with van der Waals surface area (Å²) in [4.78, 5) is 8.74. The molecule has 1 aliphatic rings. The van der Waals surface area contributed by atoms with Gasteiger partial charge in [0, 0.05) is 50.6 Å². The van der Waals surface area contributed by atoms with Crippen LogP contribution in [0.4, 0.5) is 17.1 Å². The molecule has 0 spiro atoms. The van der Waals surface area contributed by atoms with Gasteiger partial charge in [-0.2, -0.15) is 54.8 Å². The Kier molecular flexibility index (Phi) is 12.3. The summed E-state index contributed by atoms with van der Waals surface area (Å²) in [6.45, 7) is 2.06. The molecule has 7 aromatic rings. The number of aromatic nitrogens is 2. The fourth-order valence-electron chi connectivity index (χ4n) is 5.29. The van der Waals surface area contributed by atoms with Gasteiger partial charge in [-0.15, -0.1) is 30.0 Å². The van der Waals surface area contributed by atoms with Crippen molar-refractivity contribution in [2.45, 2.75) is 0 Å². The van der Waals surface area contributed by atoms with Gasteiger partial charge in [-0.25, -0.2) is 23.2 Å². The van der Waals surface area contributed by atoms with E-state index in [1.807, 2.05) is 78.9 Å². The molecule has 50 heavy (non-hydrogen) atoms. The van der Waals surface area contributed by atoms with Crippen molar-refractivity contribution < 1.29 is 46.9 Å². The quantitative estimate of drug-likeness (QED) is 0.123. The molecule has 1 aliphatic heterocycles. The van der Waals surface area contributed by atoms with Crippen LogP contribution in [-0.2, 0) is 42.1 Å². The van der Waals surface area contributed by atoms with Gasteiger partial charge in [-0.05, 0) is 48.6 Å². The molecule has 0 saturated carbocycles. The predicted molar refractivity (Wildman–Crippen MR) is 189 cm³/mol. The maximum atomic E-state index is 6.57. The van der Waals surface area contributed by atoms with Gasteiger partial charge in [0.25, 0.3) is 0 Å². The Labute approximate surface area is 322 Å². The molecule has 7 heteroatoms. The normalized spacial score (nSPS) is 11.2. The Bertz CT molecular complexity index is 2180. The molecule has 8 rings (SSSR count). The van der Waals surface area contributed by atoms with Gasteiger partial charge in [-0.3, -0.25) is 12.1 Å². The van der Waals surface area contributed by atoms with E-state index in [-0.39, 0.29) is 42.1 Å². The Balaban J connectivity index is 0.000000485. The van der Waals surface area contributed by atoms with Crippen LogP contribution in [0.1, 0.15) is 0 Å². The van der Waals surface area contributed by atoms with E-state index in [0.29, 0.717) is 22.8 Å². The van der Waals surface area contributed by atoms with Crippen LogP contribution >= 0.6 is 0 Å². The van der Waals surface area contributed by atoms with Crippen molar-refractivity contribution in [1.82, 2.24) is 9.55 Å². The van der Waals surface area contributed by atoms with Crippen molar-refractivity contribution in [2.75, 3.05) is 16.8 Å². The smallest absolute Gasteiger partial charge is 0.669 e. The largest absolute Gasteiger partial charge is 4.00 e. The van der Waals surface area contributed by atoms with Crippen molar-refractivity contribution in [3.8, 4) is 51.1 Å². The monoisotopic (exact) mass is 1010 g/mol. The molecular weight excluding hydrogens is 979 g/mol. The van der Waals surface area contributed by atoms with Crippen LogP contribution in [0.15, 0.2) is 140 Å². The topological polar surface area (TPSA) is 33.5 Å². The maximum Gasteiger partial charge on any atom is 4.00 e. The summed E-state index contributed by atoms with van der Waals surface area (Å²) in [5.41, 5.74) is 8.65. The molecule has 0 radical (unpaired) electrons. The van der Waals surface area contributed by atoms with Gasteiger partial charge in [0.2, 0.25) is 0 Å². The fraction of sp³-hybridized carbons (Fsp3) is 0.0233. The van der Waals surface area contributed by atoms with Crippen LogP contribution < -0.4 is 14.5 Å². The van der Waals surface area contributed by atoms with Crippen molar-refractivity contribution in [3.05, 3.63) is 183 Å². The minimum Gasteiger partial charge on any atom is -0.669 e. The molecule has 2 aromatic heterocycles. The van der Waals surface area contributed by atoms with Gasteiger partial charge in [0.1, 0.15) is 0 Å². The first kappa shape index (κ1) is 36.2. The Morgan fingerprint density at radius 1 is 0.720 bits per heavy atom. The minimum absolute atomic E-state index is 0. The van der Waals surface area contributed by atoms with E-state index in [0.717, 1.165) is 28.2 Å². The van der Waals surface area contributed by atoms with E-state index in [9.17, 15) is 0 Å². The molecule has 0 fully saturated rings. The van der Waals surface area contributed by atoms with E-state index >= 15 is 0 Å². The minimum atomic E-state index is 0. The summed E-state index contributed by atoms with van der Waals surface area (Å²) in [5.74, 6) is 1.14. The van der Waals surface area contributed by atoms with Gasteiger partial charge in [0.05, 0.1) is 0 Å². The molecule has 0 unspecified atom stereocenters. The zero-order valence-corrected chi connectivity index (χ0v) is 31.2. The second-order valence-electron chi connectivity index (χ2n) is 10.8. The molecule has 0 N–H and O–H groups in total. The van der Waals surface area contributed by atoms with E-state index in [2.05, 4.69) is 107 Å². The third-order valence-corrected chi connectivity index (χ3v) is 7.62. The Morgan fingerprint density at radius 3 is 2.28 bits per heavy atom. The first-order chi connectivity index (χ1) is 23.6. The van der Waals surface area contributed by atoms with Crippen LogP contribution in [0.3, 0.4) is 0 Å². The summed E-state index contributed by atoms with van der Waals surface area (Å²) in [5, 5.41) is 0. The van der Waals surface area contributed by atoms with Crippen molar-refractivity contribution in [1.29, 1.82) is 0 Å². The van der Waals surface area contributed by atoms with Crippen LogP contribution in [0.25, 0.3) is 33.5 Å². The third-order valence-electron chi connectivity index (χ3n) is 7.62. The standard InChI is InChI=1S/C37H23N3O.C6H4N.2Pt/c1-39-26-40(36-19-18-29(24-37(36)39)27-10-4-2-5-11-27)32-15-9-17-34(25-32)41-33-16-8-14-31(22-33)35-23-30(20-21-38-35)28-12-6-3-7-13-28;1-2-7-5-3-4-6-7;;/h2-12,15-21,24,26H,1H3;3-6H;;/q-6;-1;;+4. The average molecular weight is 1010 g/mol. The Morgan fingerprint density at radius 2 is 1.52 bits per heavy atom. The first-order valence-electron chi connectivity index (χ1n) is 15.3. The van der Waals surface area contributed by atoms with Gasteiger partial charge in [-0.1, -0.05) is 42.1 Å². The number of hydrogen-bond donors (Lipinski definition) is 0. The molecule has 5 aromatic carbocycles. The number of fused-ring (bicyclic) bond motifs is 1. The summed E-state index contributed by atoms with van der Waals surface area (Å²) in [6, 6.07) is 58.6. The van der Waals surface area contributed by atoms with Crippen LogP contribution in [-0.4, -0.2) is 16.6 Å². The van der Waals surface area contributed by atoms with Crippen molar-refractivity contribution in [3.63, 3.8) is 0 Å². The first-order valence-corrected chi connectivity index (χ1v) is 15.3. The van der Waals surface area contributed by atoms with Crippen LogP contribution in [0.2, 0.25) is 0 Å². The van der Waals surface area contributed by atoms with Crippen LogP contribution in [0.5, 0.6) is 11.5 Å². The second-order valence-corrected chi connectivity index (χ2v) is 10.8. The molecule has 0 aliphatic carbocycles. The molecular formula is C43H27N4OPt2-3. The van der Waals surface area contributed by atoms with Gasteiger partial charge < -0.3 is 42.1 Å². The number of hydrogen-bond acceptors (Lipinski definition) is 4. The second kappa shape index (κ2) is 17.0. The number of rotatable bonds is 6. The van der Waals surface area contributed by atoms with Crippen molar-refractivity contribution >= 4 is 17.1 Å². The van der Waals surface area contributed by atoms with Crippen molar-refractivity contribution in [2.24, 2.45) is 0 Å². The third kappa shape index (κ3) is 8.35. The zero-order chi connectivity index (χ0) is 32.7. The SMILES string of the molecule is CN1[CH-]N(c2[c-]c(Oc3[c-]c(-c4[c-]c(-c5[c-]cccc5)ccn4)[c-]cc3)ccc2)c2ccc(-c3ccccc3)cc21.[C-]#Cn1cccc1.[Pt+4].[Pt]. The number of ether oxygens (including phenoxy) is 1. The average Bonchev–Trinajstić information content (AvgIpc) is 3.81. The zero-order valence-electron chi connectivity index (χ0n) is 26.7. The summed E-state index contributed by atoms with van der Waals surface area (Å²) >= 11 is 0. The number of benzene rings is 5. The van der Waals surface area contributed by atoms with E-state index < -0.39 is 0 Å². The molecule has 5 nitrogen and oxygen atoms in total. The maximum absolute atomic E-state index is 6.57. The summed E-state index contributed by atoms with van der Waals surface area (Å²) in [6.07, 6.45) is 11.8. The van der Waals surface area contributed by atoms with E-state index in [4.69, 9.17) is 11.2 Å². The van der Waals surface area contributed by atoms with Gasteiger partial charge in [0.15, 0.2) is 0 Å².